The summed E-state index contributed by atoms with van der Waals surface area (Å²) in [4.78, 5) is 39.3. The Bertz CT molecular complexity index is 1260. The fourth-order valence-electron chi connectivity index (χ4n) is 3.62. The van der Waals surface area contributed by atoms with E-state index in [1.807, 2.05) is 35.0 Å². The molecule has 0 atom stereocenters. The number of benzene rings is 2. The third-order valence-electron chi connectivity index (χ3n) is 5.22. The van der Waals surface area contributed by atoms with Crippen LogP contribution in [0.2, 0.25) is 5.02 Å². The largest absolute Gasteiger partial charge is 0.352 e. The third-order valence-corrected chi connectivity index (χ3v) is 6.33. The van der Waals surface area contributed by atoms with Crippen molar-refractivity contribution in [2.24, 2.45) is 0 Å². The Balaban J connectivity index is 1.47. The highest BCUT2D eigenvalue weighted by molar-refractivity contribution is 8.19. The highest BCUT2D eigenvalue weighted by Crippen LogP contribution is 2.37. The Morgan fingerprint density at radius 2 is 1.97 bits per heavy atom. The summed E-state index contributed by atoms with van der Waals surface area (Å²) in [5, 5.41) is 3.99. The second-order valence-corrected chi connectivity index (χ2v) is 9.00. The van der Waals surface area contributed by atoms with E-state index in [1.165, 1.54) is 0 Å². The van der Waals surface area contributed by atoms with E-state index in [9.17, 15) is 14.4 Å². The number of nitrogens with one attached hydrogen (secondary N) is 1. The maximum Gasteiger partial charge on any atom is 0.298 e. The molecule has 0 radical (unpaired) electrons. The second kappa shape index (κ2) is 7.90. The van der Waals surface area contributed by atoms with Gasteiger partial charge in [-0.2, -0.15) is 0 Å². The van der Waals surface area contributed by atoms with Crippen LogP contribution < -0.4 is 10.2 Å². The Kier molecular flexibility index (Phi) is 5.08. The van der Waals surface area contributed by atoms with Crippen LogP contribution in [0.25, 0.3) is 17.0 Å². The molecule has 2 aromatic carbocycles. The zero-order valence-corrected chi connectivity index (χ0v) is 17.9. The summed E-state index contributed by atoms with van der Waals surface area (Å²) in [6.45, 7) is 0.203. The molecule has 1 aliphatic heterocycles. The predicted molar refractivity (Wildman–Crippen MR) is 123 cm³/mol. The van der Waals surface area contributed by atoms with E-state index >= 15 is 0 Å². The van der Waals surface area contributed by atoms with Crippen LogP contribution in [0.15, 0.2) is 59.6 Å². The molecule has 8 heteroatoms. The van der Waals surface area contributed by atoms with E-state index in [4.69, 9.17) is 11.6 Å². The van der Waals surface area contributed by atoms with Gasteiger partial charge in [-0.3, -0.25) is 14.4 Å². The van der Waals surface area contributed by atoms with Crippen molar-refractivity contribution in [3.05, 3.63) is 70.2 Å². The first kappa shape index (κ1) is 19.9. The predicted octanol–water partition coefficient (Wildman–Crippen LogP) is 4.81. The average molecular weight is 452 g/mol. The fraction of sp³-hybridized carbons (Fsp3) is 0.174. The number of hydrogen-bond acceptors (Lipinski definition) is 4. The topological polar surface area (TPSA) is 71.4 Å². The van der Waals surface area contributed by atoms with Gasteiger partial charge in [-0.25, -0.2) is 4.90 Å². The normalized spacial score (nSPS) is 17.7. The molecule has 2 fully saturated rings. The van der Waals surface area contributed by atoms with Gasteiger partial charge in [0.2, 0.25) is 5.91 Å². The number of aromatic nitrogens is 1. The van der Waals surface area contributed by atoms with Gasteiger partial charge in [0.1, 0.15) is 6.54 Å². The number of para-hydroxylation sites is 1. The van der Waals surface area contributed by atoms with Gasteiger partial charge in [0.25, 0.3) is 11.1 Å². The number of thioether (sulfide) groups is 1. The van der Waals surface area contributed by atoms with Crippen molar-refractivity contribution in [2.45, 2.75) is 25.4 Å². The molecule has 2 heterocycles. The highest BCUT2D eigenvalue weighted by atomic mass is 35.5. The Hall–Kier alpha value is -3.03. The van der Waals surface area contributed by atoms with Crippen molar-refractivity contribution < 1.29 is 14.4 Å². The summed E-state index contributed by atoms with van der Waals surface area (Å²) in [6, 6.07) is 14.7. The zero-order valence-electron chi connectivity index (χ0n) is 16.4. The van der Waals surface area contributed by atoms with E-state index in [-0.39, 0.29) is 23.6 Å². The number of nitrogens with zero attached hydrogens (tertiary/aromatic N) is 2. The van der Waals surface area contributed by atoms with Gasteiger partial charge in [0.05, 0.1) is 10.6 Å². The molecular formula is C23H18ClN3O3S. The molecule has 31 heavy (non-hydrogen) atoms. The highest BCUT2D eigenvalue weighted by Gasteiger charge is 2.36. The van der Waals surface area contributed by atoms with Crippen molar-refractivity contribution in [1.29, 1.82) is 0 Å². The molecule has 1 aliphatic carbocycles. The van der Waals surface area contributed by atoms with Crippen molar-refractivity contribution in [3.8, 4) is 0 Å². The number of halogens is 1. The summed E-state index contributed by atoms with van der Waals surface area (Å²) in [5.41, 5.74) is 2.12. The van der Waals surface area contributed by atoms with Crippen LogP contribution in [-0.4, -0.2) is 27.7 Å². The van der Waals surface area contributed by atoms with Crippen LogP contribution in [0.1, 0.15) is 18.4 Å². The quantitative estimate of drug-likeness (QED) is 0.565. The molecule has 1 saturated carbocycles. The van der Waals surface area contributed by atoms with Gasteiger partial charge < -0.3 is 9.88 Å². The van der Waals surface area contributed by atoms with E-state index in [0.29, 0.717) is 21.7 Å². The number of carbonyl (C=O) groups excluding carboxylic acids is 3. The van der Waals surface area contributed by atoms with Crippen LogP contribution in [0.3, 0.4) is 0 Å². The van der Waals surface area contributed by atoms with E-state index in [0.717, 1.165) is 46.0 Å². The van der Waals surface area contributed by atoms with Crippen molar-refractivity contribution in [1.82, 2.24) is 9.88 Å². The smallest absolute Gasteiger partial charge is 0.298 e. The van der Waals surface area contributed by atoms with E-state index < -0.39 is 0 Å². The molecule has 3 amide bonds. The second-order valence-electron chi connectivity index (χ2n) is 7.57. The number of carbonyl (C=O) groups is 3. The van der Waals surface area contributed by atoms with Gasteiger partial charge in [-0.15, -0.1) is 0 Å². The Labute approximate surface area is 187 Å². The minimum atomic E-state index is -0.388. The molecule has 1 aromatic heterocycles. The first-order chi connectivity index (χ1) is 15.0. The zero-order chi connectivity index (χ0) is 21.5. The molecule has 3 aromatic rings. The number of imide groups is 1. The Morgan fingerprint density at radius 1 is 1.16 bits per heavy atom. The lowest BCUT2D eigenvalue weighted by Gasteiger charge is -2.12. The van der Waals surface area contributed by atoms with Gasteiger partial charge in [0, 0.05) is 33.7 Å². The van der Waals surface area contributed by atoms with Crippen LogP contribution in [-0.2, 0) is 16.1 Å². The summed E-state index contributed by atoms with van der Waals surface area (Å²) >= 11 is 6.92. The molecular weight excluding hydrogens is 434 g/mol. The number of anilines is 1. The minimum absolute atomic E-state index is 0.0314. The average Bonchev–Trinajstić information content (AvgIpc) is 3.42. The Morgan fingerprint density at radius 3 is 2.74 bits per heavy atom. The standard InChI is InChI=1S/C23H18ClN3O3S/c24-15-4-3-5-17(11-15)27-22(29)20(31-23(27)30)10-14-12-26(13-21(28)25-16-8-9-16)19-7-2-1-6-18(14)19/h1-7,10-12,16H,8-9,13H2,(H,25,28)/b20-10-. The van der Waals surface area contributed by atoms with E-state index in [2.05, 4.69) is 5.32 Å². The number of amides is 3. The summed E-state index contributed by atoms with van der Waals surface area (Å²) in [6.07, 6.45) is 5.63. The molecule has 0 spiro atoms. The van der Waals surface area contributed by atoms with Gasteiger partial charge in [-0.1, -0.05) is 35.9 Å². The number of rotatable bonds is 5. The van der Waals surface area contributed by atoms with Crippen molar-refractivity contribution in [2.75, 3.05) is 4.90 Å². The van der Waals surface area contributed by atoms with Gasteiger partial charge in [0.15, 0.2) is 0 Å². The van der Waals surface area contributed by atoms with Gasteiger partial charge in [-0.05, 0) is 54.9 Å². The maximum absolute atomic E-state index is 13.0. The first-order valence-corrected chi connectivity index (χ1v) is 11.1. The van der Waals surface area contributed by atoms with Crippen LogP contribution in [0.4, 0.5) is 10.5 Å². The maximum atomic E-state index is 13.0. The number of fused-ring (bicyclic) bond motifs is 1. The molecule has 5 rings (SSSR count). The van der Waals surface area contributed by atoms with Gasteiger partial charge >= 0.3 is 0 Å². The van der Waals surface area contributed by atoms with E-state index in [1.54, 1.807) is 30.3 Å². The molecule has 1 saturated heterocycles. The molecule has 156 valence electrons. The lowest BCUT2D eigenvalue weighted by atomic mass is 10.1. The monoisotopic (exact) mass is 451 g/mol. The lowest BCUT2D eigenvalue weighted by Crippen LogP contribution is -2.29. The molecule has 6 nitrogen and oxygen atoms in total. The minimum Gasteiger partial charge on any atom is -0.352 e. The van der Waals surface area contributed by atoms with Crippen LogP contribution in [0.5, 0.6) is 0 Å². The van der Waals surface area contributed by atoms with Crippen molar-refractivity contribution >= 4 is 63.1 Å². The van der Waals surface area contributed by atoms with Crippen LogP contribution in [0, 0.1) is 0 Å². The first-order valence-electron chi connectivity index (χ1n) is 9.90. The summed E-state index contributed by atoms with van der Waals surface area (Å²) < 4.78 is 1.88. The van der Waals surface area contributed by atoms with Crippen molar-refractivity contribution in [3.63, 3.8) is 0 Å². The molecule has 2 aliphatic rings. The molecule has 0 unspecified atom stereocenters. The third kappa shape index (κ3) is 3.98. The summed E-state index contributed by atoms with van der Waals surface area (Å²) in [7, 11) is 0. The molecule has 1 N–H and O–H groups in total. The SMILES string of the molecule is O=C(Cn1cc(/C=C2\SC(=O)N(c3cccc(Cl)c3)C2=O)c2ccccc21)NC1CC1. The fourth-order valence-corrected chi connectivity index (χ4v) is 4.64. The number of hydrogen-bond donors (Lipinski definition) is 1. The summed E-state index contributed by atoms with van der Waals surface area (Å²) in [5.74, 6) is -0.420. The van der Waals surface area contributed by atoms with Crippen LogP contribution >= 0.6 is 23.4 Å². The molecule has 0 bridgehead atoms. The lowest BCUT2D eigenvalue weighted by molar-refractivity contribution is -0.121.